The van der Waals surface area contributed by atoms with Crippen molar-refractivity contribution < 1.29 is 67.0 Å². The van der Waals surface area contributed by atoms with Crippen molar-refractivity contribution in [2.75, 3.05) is 35.0 Å². The number of amides is 1. The number of fused-ring (bicyclic) bond motifs is 3. The summed E-state index contributed by atoms with van der Waals surface area (Å²) >= 11 is 0. The second kappa shape index (κ2) is 30.3. The van der Waals surface area contributed by atoms with Gasteiger partial charge in [0.25, 0.3) is 17.5 Å². The first-order chi connectivity index (χ1) is 36.7. The Morgan fingerprint density at radius 3 is 2.17 bits per heavy atom. The maximum absolute atomic E-state index is 17.0. The number of hydrogen-bond donors (Lipinski definition) is 2. The molecule has 5 rings (SSSR count). The van der Waals surface area contributed by atoms with E-state index >= 15 is 4.39 Å². The highest BCUT2D eigenvalue weighted by atomic mass is 19.2. The molecule has 2 bridgehead atoms. The molecule has 3 aliphatic heterocycles. The van der Waals surface area contributed by atoms with Gasteiger partial charge in [-0.05, 0) is 131 Å². The van der Waals surface area contributed by atoms with E-state index in [1.807, 2.05) is 77.1 Å². The number of nitrogens with zero attached hydrogens (tertiary/aromatic N) is 1. The number of esters is 1. The average molecular weight is 1090 g/mol. The molecule has 1 aliphatic carbocycles. The lowest BCUT2D eigenvalue weighted by atomic mass is 9.78. The van der Waals surface area contributed by atoms with Crippen molar-refractivity contribution in [2.45, 2.75) is 207 Å². The minimum Gasteiger partial charge on any atom is -0.497 e. The second-order valence-corrected chi connectivity index (χ2v) is 24.0. The molecule has 78 heavy (non-hydrogen) atoms. The molecular formula is C63H96FNO13. The first-order valence-corrected chi connectivity index (χ1v) is 28.5. The van der Waals surface area contributed by atoms with Crippen LogP contribution in [0.5, 0.6) is 11.5 Å². The van der Waals surface area contributed by atoms with E-state index < -0.39 is 77.8 Å². The molecule has 15 atom stereocenters. The highest BCUT2D eigenvalue weighted by Crippen LogP contribution is 2.41. The third kappa shape index (κ3) is 18.0. The minimum absolute atomic E-state index is 0.0240. The zero-order valence-corrected chi connectivity index (χ0v) is 49.7. The molecule has 438 valence electrons. The van der Waals surface area contributed by atoms with Crippen LogP contribution in [-0.4, -0.2) is 128 Å². The molecule has 0 radical (unpaired) electrons. The fourth-order valence-corrected chi connectivity index (χ4v) is 11.4. The van der Waals surface area contributed by atoms with Gasteiger partial charge in [-0.3, -0.25) is 19.2 Å². The third-order valence-corrected chi connectivity index (χ3v) is 16.8. The van der Waals surface area contributed by atoms with Crippen LogP contribution < -0.4 is 9.47 Å². The number of ether oxygens (including phenoxy) is 6. The second-order valence-electron chi connectivity index (χ2n) is 24.0. The van der Waals surface area contributed by atoms with E-state index in [4.69, 9.17) is 28.4 Å². The number of aliphatic hydroxyl groups excluding tert-OH is 2. The number of aliphatic hydroxyl groups is 2. The predicted octanol–water partition coefficient (Wildman–Crippen LogP) is 10.8. The number of carbonyl (C=O) groups excluding carboxylic acids is 5. The van der Waals surface area contributed by atoms with Gasteiger partial charge in [0.05, 0.1) is 32.5 Å². The Bertz CT molecular complexity index is 2280. The number of hydrogen-bond acceptors (Lipinski definition) is 13. The molecule has 15 heteroatoms. The Balaban J connectivity index is 0.000000811. The lowest BCUT2D eigenvalue weighted by Gasteiger charge is -2.41. The third-order valence-electron chi connectivity index (χ3n) is 16.8. The standard InChI is InChI=1S/C51H78FNO11.C12H18O2/c1-30-16-12-11-13-17-31(2)32(3)27-39-21-19-37(8)51(52,64-39)48(58)49(59)53-23-15-14-18-40(53)50(60)63-43(34(5)26-38-20-22-41(54)44(28-38)61-9)29-42(55)33(4)25-36(7)46(57)47(62-10)45(56)35(6)24-30;1-12(2,3)10-7-6-9(13-4)8-11(10)14-5/h11-13,16-17,25,30,32-35,37-41,43-44,46-47,54,57H,14-15,18-24,26-29H2,1-10H3;6-8H,1-5H3/b13-11+,16-12+,31-17+,36-25+;/t30-,32+,33-,34-,35-,37-,38+,39+,40?,41-,43?,44-,46-,47+,51-;/m1./s1. The van der Waals surface area contributed by atoms with Gasteiger partial charge in [0, 0.05) is 51.0 Å². The number of allylic oxidation sites excluding steroid dienone is 7. The van der Waals surface area contributed by atoms with Gasteiger partial charge in [0.2, 0.25) is 0 Å². The summed E-state index contributed by atoms with van der Waals surface area (Å²) in [7, 11) is 6.28. The van der Waals surface area contributed by atoms with Crippen molar-refractivity contribution in [2.24, 2.45) is 41.4 Å². The number of rotatable bonds is 7. The Labute approximate surface area is 465 Å². The zero-order valence-electron chi connectivity index (χ0n) is 49.7. The monoisotopic (exact) mass is 1090 g/mol. The summed E-state index contributed by atoms with van der Waals surface area (Å²) in [5.41, 5.74) is 2.70. The fraction of sp³-hybridized carbons (Fsp3) is 0.698. The van der Waals surface area contributed by atoms with E-state index in [1.54, 1.807) is 48.2 Å². The quantitative estimate of drug-likeness (QED) is 0.149. The molecule has 3 fully saturated rings. The molecule has 3 heterocycles. The minimum atomic E-state index is -2.87. The SMILES string of the molecule is CO[C@@H]1C[C@H](C[C@@H](C)C2CC(=O)[C@H](C)/C=C(\C)[C@@H](O)[C@@H](OC)C(=O)[C@H](C)C[C@H](C)/C=C/C=C/C=C(\C)[C@@H](C)C[C@@H]3CC[C@@H](C)[C@@](F)(O3)C(=O)C(=O)N3CCCCC3C(=O)O2)CC[C@H]1O.COc1ccc(C(C)(C)C)c(OC)c1. The summed E-state index contributed by atoms with van der Waals surface area (Å²) in [4.78, 5) is 71.3. The summed E-state index contributed by atoms with van der Waals surface area (Å²) in [5.74, 6) is -7.21. The lowest BCUT2D eigenvalue weighted by molar-refractivity contribution is -0.230. The van der Waals surface area contributed by atoms with E-state index in [0.29, 0.717) is 63.4 Å². The average Bonchev–Trinajstić information content (AvgIpc) is 3.45. The van der Waals surface area contributed by atoms with Crippen LogP contribution in [0.1, 0.15) is 159 Å². The Hall–Kier alpha value is -4.54. The number of carbonyl (C=O) groups is 5. The first-order valence-electron chi connectivity index (χ1n) is 28.5. The van der Waals surface area contributed by atoms with E-state index in [1.165, 1.54) is 12.7 Å². The van der Waals surface area contributed by atoms with Crippen LogP contribution in [0, 0.1) is 41.4 Å². The van der Waals surface area contributed by atoms with Crippen LogP contribution in [-0.2, 0) is 48.3 Å². The summed E-state index contributed by atoms with van der Waals surface area (Å²) in [5, 5.41) is 21.9. The number of Topliss-reactive ketones (excluding diaryl/α,β-unsaturated/α-hetero) is 3. The fourth-order valence-electron chi connectivity index (χ4n) is 11.4. The number of halogens is 1. The molecule has 0 aromatic heterocycles. The molecule has 14 nitrogen and oxygen atoms in total. The maximum atomic E-state index is 17.0. The Morgan fingerprint density at radius 2 is 1.53 bits per heavy atom. The summed E-state index contributed by atoms with van der Waals surface area (Å²) < 4.78 is 50.8. The molecule has 1 amide bonds. The summed E-state index contributed by atoms with van der Waals surface area (Å²) in [6, 6.07) is 4.76. The maximum Gasteiger partial charge on any atom is 0.329 e. The van der Waals surface area contributed by atoms with Crippen LogP contribution in [0.3, 0.4) is 0 Å². The topological polar surface area (TPSA) is 184 Å². The van der Waals surface area contributed by atoms with Crippen LogP contribution in [0.15, 0.2) is 65.8 Å². The smallest absolute Gasteiger partial charge is 0.329 e. The van der Waals surface area contributed by atoms with Crippen molar-refractivity contribution in [1.29, 1.82) is 0 Å². The highest BCUT2D eigenvalue weighted by Gasteiger charge is 2.55. The summed E-state index contributed by atoms with van der Waals surface area (Å²) in [6.07, 6.45) is 11.7. The number of benzene rings is 1. The van der Waals surface area contributed by atoms with Crippen molar-refractivity contribution >= 4 is 29.2 Å². The molecule has 1 saturated carbocycles. The van der Waals surface area contributed by atoms with Gasteiger partial charge in [0.1, 0.15) is 41.6 Å². The molecule has 0 spiro atoms. The van der Waals surface area contributed by atoms with Gasteiger partial charge < -0.3 is 43.5 Å². The van der Waals surface area contributed by atoms with Crippen LogP contribution in [0.25, 0.3) is 0 Å². The molecule has 4 aliphatic rings. The van der Waals surface area contributed by atoms with E-state index in [9.17, 15) is 34.2 Å². The molecular weight excluding hydrogens is 998 g/mol. The van der Waals surface area contributed by atoms with Gasteiger partial charge in [-0.15, -0.1) is 0 Å². The van der Waals surface area contributed by atoms with Crippen molar-refractivity contribution in [1.82, 2.24) is 4.90 Å². The molecule has 2 unspecified atom stereocenters. The number of piperidine rings is 1. The lowest BCUT2D eigenvalue weighted by Crippen LogP contribution is -2.59. The Morgan fingerprint density at radius 1 is 0.821 bits per heavy atom. The van der Waals surface area contributed by atoms with E-state index in [-0.39, 0.29) is 66.1 Å². The van der Waals surface area contributed by atoms with Crippen LogP contribution in [0.2, 0.25) is 0 Å². The molecule has 1 aromatic carbocycles. The van der Waals surface area contributed by atoms with Gasteiger partial charge in [-0.1, -0.05) is 110 Å². The number of methoxy groups -OCH3 is 4. The molecule has 1 aromatic rings. The van der Waals surface area contributed by atoms with Gasteiger partial charge in [-0.25, -0.2) is 9.18 Å². The number of cyclic esters (lactones) is 1. The zero-order chi connectivity index (χ0) is 58.2. The number of alkyl halides is 1. The Kier molecular flexibility index (Phi) is 25.7. The summed E-state index contributed by atoms with van der Waals surface area (Å²) in [6.45, 7) is 21.2. The van der Waals surface area contributed by atoms with Crippen LogP contribution >= 0.6 is 0 Å². The predicted molar refractivity (Wildman–Crippen MR) is 301 cm³/mol. The van der Waals surface area contributed by atoms with E-state index in [2.05, 4.69) is 26.8 Å². The van der Waals surface area contributed by atoms with Crippen molar-refractivity contribution in [3.05, 3.63) is 71.4 Å². The largest absolute Gasteiger partial charge is 0.497 e. The van der Waals surface area contributed by atoms with Crippen molar-refractivity contribution in [3.8, 4) is 11.5 Å². The first kappa shape index (κ1) is 66.0. The van der Waals surface area contributed by atoms with E-state index in [0.717, 1.165) is 28.4 Å². The van der Waals surface area contributed by atoms with Gasteiger partial charge in [-0.2, -0.15) is 0 Å². The highest BCUT2D eigenvalue weighted by molar-refractivity contribution is 6.39. The van der Waals surface area contributed by atoms with Crippen molar-refractivity contribution in [3.63, 3.8) is 0 Å². The molecule has 2 saturated heterocycles. The molecule has 2 N–H and O–H groups in total. The number of ketones is 3. The van der Waals surface area contributed by atoms with Gasteiger partial charge >= 0.3 is 5.97 Å². The van der Waals surface area contributed by atoms with Gasteiger partial charge in [0.15, 0.2) is 5.78 Å². The van der Waals surface area contributed by atoms with Crippen LogP contribution in [0.4, 0.5) is 4.39 Å². The normalized spacial score (nSPS) is 35.5.